The van der Waals surface area contributed by atoms with Crippen LogP contribution in [0.2, 0.25) is 0 Å². The van der Waals surface area contributed by atoms with Gasteiger partial charge in [0.15, 0.2) is 5.78 Å². The second kappa shape index (κ2) is 12.4. The summed E-state index contributed by atoms with van der Waals surface area (Å²) >= 11 is 0. The first-order valence-electron chi connectivity index (χ1n) is 12.4. The van der Waals surface area contributed by atoms with Gasteiger partial charge in [0.25, 0.3) is 0 Å². The highest BCUT2D eigenvalue weighted by Gasteiger charge is 2.31. The quantitative estimate of drug-likeness (QED) is 0.0940. The molecule has 4 aromatic rings. The van der Waals surface area contributed by atoms with Crippen molar-refractivity contribution in [1.82, 2.24) is 0 Å². The molecular weight excluding hydrogens is 512 g/mol. The third-order valence-corrected chi connectivity index (χ3v) is 6.33. The summed E-state index contributed by atoms with van der Waals surface area (Å²) in [6.45, 7) is 6.91. The Labute approximate surface area is 232 Å². The zero-order valence-corrected chi connectivity index (χ0v) is 21.8. The van der Waals surface area contributed by atoms with E-state index in [2.05, 4.69) is 13.2 Å². The van der Waals surface area contributed by atoms with E-state index in [0.29, 0.717) is 16.9 Å². The molecule has 40 heavy (non-hydrogen) atoms. The first-order chi connectivity index (χ1) is 19.2. The summed E-state index contributed by atoms with van der Waals surface area (Å²) in [5, 5.41) is 0. The largest absolute Gasteiger partial charge is 0.551 e. The monoisotopic (exact) mass is 538 g/mol. The van der Waals surface area contributed by atoms with Gasteiger partial charge in [-0.05, 0) is 58.5 Å². The minimum absolute atomic E-state index is 0.125. The summed E-state index contributed by atoms with van der Waals surface area (Å²) in [5.41, 5.74) is 3.30. The molecule has 0 saturated carbocycles. The summed E-state index contributed by atoms with van der Waals surface area (Å²) in [4.78, 5) is 13.3. The maximum atomic E-state index is 13.3. The molecule has 0 radical (unpaired) electrons. The van der Waals surface area contributed by atoms with Gasteiger partial charge >= 0.3 is 13.1 Å². The molecule has 4 rings (SSSR count). The second-order valence-corrected chi connectivity index (χ2v) is 8.92. The number of allylic oxidation sites excluding steroid dienone is 1. The van der Waals surface area contributed by atoms with E-state index in [1.165, 1.54) is 25.3 Å². The van der Waals surface area contributed by atoms with Gasteiger partial charge in [-0.25, -0.2) is 0 Å². The molecular formula is C33H26BF3O3. The topological polar surface area (TPSA) is 35.5 Å². The van der Waals surface area contributed by atoms with Crippen LogP contribution in [0.25, 0.3) is 17.9 Å². The molecule has 200 valence electrons. The van der Waals surface area contributed by atoms with Crippen LogP contribution in [0, 0.1) is 0 Å². The SMILES string of the molecule is C=Cc1ccc(B(O/C(=C\C(=O)c2ccc(OC)cc2)c2ccc(C(F)(F)F)cc2)c2ccc(C=C)cc2)cc1. The number of hydrogen-bond donors (Lipinski definition) is 0. The highest BCUT2D eigenvalue weighted by molar-refractivity contribution is 6.80. The van der Waals surface area contributed by atoms with Gasteiger partial charge in [0.1, 0.15) is 11.5 Å². The van der Waals surface area contributed by atoms with E-state index in [0.717, 1.165) is 34.2 Å². The van der Waals surface area contributed by atoms with Crippen LogP contribution in [0.15, 0.2) is 116 Å². The van der Waals surface area contributed by atoms with Crippen LogP contribution < -0.4 is 15.7 Å². The van der Waals surface area contributed by atoms with E-state index in [4.69, 9.17) is 9.39 Å². The van der Waals surface area contributed by atoms with Crippen LogP contribution in [0.4, 0.5) is 13.2 Å². The van der Waals surface area contributed by atoms with Crippen LogP contribution in [0.5, 0.6) is 5.75 Å². The molecule has 0 atom stereocenters. The maximum absolute atomic E-state index is 13.3. The summed E-state index contributed by atoms with van der Waals surface area (Å²) in [6.07, 6.45) is 0.247. The van der Waals surface area contributed by atoms with Crippen molar-refractivity contribution >= 4 is 41.5 Å². The lowest BCUT2D eigenvalue weighted by Crippen LogP contribution is -2.44. The predicted molar refractivity (Wildman–Crippen MR) is 156 cm³/mol. The van der Waals surface area contributed by atoms with Crippen molar-refractivity contribution in [2.45, 2.75) is 6.18 Å². The third kappa shape index (κ3) is 6.80. The molecule has 0 unspecified atom stereocenters. The van der Waals surface area contributed by atoms with Gasteiger partial charge in [0.05, 0.1) is 12.7 Å². The Morgan fingerprint density at radius 1 is 0.725 bits per heavy atom. The molecule has 0 fully saturated rings. The number of ketones is 1. The van der Waals surface area contributed by atoms with Crippen molar-refractivity contribution < 1.29 is 27.4 Å². The van der Waals surface area contributed by atoms with Gasteiger partial charge < -0.3 is 9.39 Å². The molecule has 0 aliphatic rings. The zero-order valence-electron chi connectivity index (χ0n) is 21.8. The molecule has 0 aliphatic carbocycles. The van der Waals surface area contributed by atoms with Crippen LogP contribution in [0.3, 0.4) is 0 Å². The van der Waals surface area contributed by atoms with E-state index in [9.17, 15) is 18.0 Å². The van der Waals surface area contributed by atoms with Gasteiger partial charge in [-0.1, -0.05) is 86.0 Å². The summed E-state index contributed by atoms with van der Waals surface area (Å²) in [5.74, 6) is 0.339. The maximum Gasteiger partial charge on any atom is 0.426 e. The molecule has 0 amide bonds. The average molecular weight is 538 g/mol. The van der Waals surface area contributed by atoms with Crippen LogP contribution in [-0.4, -0.2) is 19.8 Å². The highest BCUT2D eigenvalue weighted by atomic mass is 19.4. The molecule has 3 nitrogen and oxygen atoms in total. The summed E-state index contributed by atoms with van der Waals surface area (Å²) in [7, 11) is 1.52. The Balaban J connectivity index is 1.80. The van der Waals surface area contributed by atoms with E-state index in [1.54, 1.807) is 36.4 Å². The number of carbonyl (C=O) groups excluding carboxylic acids is 1. The fourth-order valence-corrected chi connectivity index (χ4v) is 4.04. The Morgan fingerprint density at radius 2 is 1.20 bits per heavy atom. The lowest BCUT2D eigenvalue weighted by atomic mass is 9.55. The first kappa shape index (κ1) is 28.2. The van der Waals surface area contributed by atoms with E-state index in [1.807, 2.05) is 48.5 Å². The number of hydrogen-bond acceptors (Lipinski definition) is 3. The Bertz CT molecular complexity index is 1450. The van der Waals surface area contributed by atoms with Gasteiger partial charge in [0.2, 0.25) is 0 Å². The number of carbonyl (C=O) groups is 1. The molecule has 0 bridgehead atoms. The highest BCUT2D eigenvalue weighted by Crippen LogP contribution is 2.30. The molecule has 0 saturated heterocycles. The molecule has 0 spiro atoms. The zero-order chi connectivity index (χ0) is 28.7. The van der Waals surface area contributed by atoms with Crippen LogP contribution in [0.1, 0.15) is 32.6 Å². The number of rotatable bonds is 10. The Morgan fingerprint density at radius 3 is 1.62 bits per heavy atom. The average Bonchev–Trinajstić information content (AvgIpc) is 2.99. The van der Waals surface area contributed by atoms with E-state index in [-0.39, 0.29) is 11.5 Å². The van der Waals surface area contributed by atoms with Gasteiger partial charge in [-0.2, -0.15) is 13.2 Å². The normalized spacial score (nSPS) is 11.4. The number of ether oxygens (including phenoxy) is 1. The minimum atomic E-state index is -4.50. The summed E-state index contributed by atoms with van der Waals surface area (Å²) < 4.78 is 51.5. The first-order valence-corrected chi connectivity index (χ1v) is 12.4. The molecule has 0 aromatic heterocycles. The smallest absolute Gasteiger partial charge is 0.426 e. The number of methoxy groups -OCH3 is 1. The van der Waals surface area contributed by atoms with Gasteiger partial charge in [-0.15, -0.1) is 0 Å². The number of halogens is 3. The standard InChI is InChI=1S/C33H26BF3O3/c1-4-23-6-16-28(17-7-23)34(29-18-8-24(5-2)9-19-29)40-32(26-10-14-27(15-11-26)33(35,36)37)22-31(38)25-12-20-30(39-3)21-13-25/h4-22H,1-2H2,3H3/b32-22-. The van der Waals surface area contributed by atoms with Crippen molar-refractivity contribution in [1.29, 1.82) is 0 Å². The fraction of sp³-hybridized carbons (Fsp3) is 0.0606. The number of alkyl halides is 3. The van der Waals surface area contributed by atoms with Crippen molar-refractivity contribution in [3.05, 3.63) is 144 Å². The van der Waals surface area contributed by atoms with Crippen molar-refractivity contribution in [3.8, 4) is 5.75 Å². The third-order valence-electron chi connectivity index (χ3n) is 6.33. The lowest BCUT2D eigenvalue weighted by molar-refractivity contribution is -0.137. The van der Waals surface area contributed by atoms with Crippen molar-refractivity contribution in [2.75, 3.05) is 7.11 Å². The Kier molecular flexibility index (Phi) is 8.75. The molecule has 4 aromatic carbocycles. The minimum Gasteiger partial charge on any atom is -0.551 e. The summed E-state index contributed by atoms with van der Waals surface area (Å²) in [6, 6.07) is 26.2. The molecule has 0 aliphatic heterocycles. The van der Waals surface area contributed by atoms with Crippen molar-refractivity contribution in [3.63, 3.8) is 0 Å². The lowest BCUT2D eigenvalue weighted by Gasteiger charge is -2.20. The van der Waals surface area contributed by atoms with E-state index < -0.39 is 18.7 Å². The van der Waals surface area contributed by atoms with Gasteiger partial charge in [-0.3, -0.25) is 4.79 Å². The number of benzene rings is 4. The predicted octanol–water partition coefficient (Wildman–Crippen LogP) is 7.05. The molecule has 0 N–H and O–H groups in total. The van der Waals surface area contributed by atoms with Crippen LogP contribution in [-0.2, 0) is 10.8 Å². The fourth-order valence-electron chi connectivity index (χ4n) is 4.04. The van der Waals surface area contributed by atoms with Crippen molar-refractivity contribution in [2.24, 2.45) is 0 Å². The van der Waals surface area contributed by atoms with Crippen LogP contribution >= 0.6 is 0 Å². The van der Waals surface area contributed by atoms with E-state index >= 15 is 0 Å². The van der Waals surface area contributed by atoms with Gasteiger partial charge in [0, 0.05) is 17.2 Å². The molecule has 0 heterocycles. The second-order valence-electron chi connectivity index (χ2n) is 8.92. The molecule has 7 heteroatoms. The Hall–Kier alpha value is -4.78.